The topological polar surface area (TPSA) is 189 Å². The third-order valence-electron chi connectivity index (χ3n) is 17.7. The van der Waals surface area contributed by atoms with Crippen LogP contribution in [0.3, 0.4) is 0 Å². The van der Waals surface area contributed by atoms with Crippen LogP contribution < -0.4 is 5.32 Å². The predicted octanol–water partition coefficient (Wildman–Crippen LogP) is 17.6. The smallest absolute Gasteiger partial charge is 0.249 e. The van der Waals surface area contributed by atoms with E-state index in [1.165, 1.54) is 276 Å². The van der Waals surface area contributed by atoms with Crippen LogP contribution >= 0.6 is 0 Å². The van der Waals surface area contributed by atoms with Gasteiger partial charge in [0.1, 0.15) is 36.6 Å². The number of unbranched alkanes of at least 4 members (excludes halogenated alkanes) is 48. The van der Waals surface area contributed by atoms with E-state index in [2.05, 4.69) is 43.5 Å². The molecule has 1 saturated heterocycles. The lowest BCUT2D eigenvalue weighted by atomic mass is 9.98. The molecule has 1 rings (SSSR count). The second-order valence-electron chi connectivity index (χ2n) is 25.7. The van der Waals surface area contributed by atoms with Gasteiger partial charge in [-0.1, -0.05) is 334 Å². The van der Waals surface area contributed by atoms with Gasteiger partial charge in [0.25, 0.3) is 0 Å². The molecule has 0 spiro atoms. The van der Waals surface area contributed by atoms with E-state index in [-0.39, 0.29) is 12.8 Å². The quantitative estimate of drug-likeness (QED) is 0.0215. The SMILES string of the molecule is CCCCCCCCCCC/C=C/CC/C=C/CCCC(O)C(O)C(COC1OC(CO)C(O)C(O)C1O)NC(=O)C(O)CCCCCCCCCCCCCCCCCCCCCCCCCCCCCCCCCCCCCCCC. The van der Waals surface area contributed by atoms with Gasteiger partial charge in [0.2, 0.25) is 5.91 Å². The average Bonchev–Trinajstić information content (AvgIpc) is 3.65. The highest BCUT2D eigenvalue weighted by molar-refractivity contribution is 5.80. The summed E-state index contributed by atoms with van der Waals surface area (Å²) in [5.74, 6) is -0.703. The Balaban J connectivity index is 2.12. The molecule has 1 aliphatic rings. The van der Waals surface area contributed by atoms with Gasteiger partial charge in [-0.05, 0) is 51.4 Å². The summed E-state index contributed by atoms with van der Waals surface area (Å²) in [6.07, 6.45) is 65.8. The van der Waals surface area contributed by atoms with Gasteiger partial charge in [-0.25, -0.2) is 0 Å². The third-order valence-corrected chi connectivity index (χ3v) is 17.7. The number of nitrogens with one attached hydrogen (secondary N) is 1. The number of amides is 1. The van der Waals surface area contributed by atoms with E-state index < -0.39 is 74.2 Å². The largest absolute Gasteiger partial charge is 0.394 e. The van der Waals surface area contributed by atoms with E-state index in [1.807, 2.05) is 0 Å². The lowest BCUT2D eigenvalue weighted by Crippen LogP contribution is -2.60. The summed E-state index contributed by atoms with van der Waals surface area (Å²) in [4.78, 5) is 13.2. The van der Waals surface area contributed by atoms with Crippen molar-refractivity contribution in [3.63, 3.8) is 0 Å². The summed E-state index contributed by atoms with van der Waals surface area (Å²) in [5, 5.41) is 76.4. The van der Waals surface area contributed by atoms with Crippen LogP contribution in [0, 0.1) is 0 Å². The third kappa shape index (κ3) is 48.2. The lowest BCUT2D eigenvalue weighted by molar-refractivity contribution is -0.303. The zero-order valence-electron chi connectivity index (χ0n) is 54.5. The minimum absolute atomic E-state index is 0.249. The molecule has 11 nitrogen and oxygen atoms in total. The normalized spacial score (nSPS) is 19.1. The van der Waals surface area contributed by atoms with Crippen LogP contribution in [0.4, 0.5) is 0 Å². The van der Waals surface area contributed by atoms with Crippen molar-refractivity contribution in [2.45, 2.75) is 416 Å². The number of rotatable bonds is 64. The fourth-order valence-electron chi connectivity index (χ4n) is 11.9. The van der Waals surface area contributed by atoms with Crippen molar-refractivity contribution < 1.29 is 50.0 Å². The van der Waals surface area contributed by atoms with E-state index in [0.717, 1.165) is 38.5 Å². The molecule has 1 heterocycles. The van der Waals surface area contributed by atoms with Gasteiger partial charge in [-0.2, -0.15) is 0 Å². The minimum Gasteiger partial charge on any atom is -0.394 e. The van der Waals surface area contributed by atoms with Crippen molar-refractivity contribution in [1.29, 1.82) is 0 Å². The summed E-state index contributed by atoms with van der Waals surface area (Å²) in [5.41, 5.74) is 0. The van der Waals surface area contributed by atoms with Crippen molar-refractivity contribution in [3.8, 4) is 0 Å². The Morgan fingerprint density at radius 1 is 0.410 bits per heavy atom. The van der Waals surface area contributed by atoms with Gasteiger partial charge in [-0.15, -0.1) is 0 Å². The first kappa shape index (κ1) is 79.6. The summed E-state index contributed by atoms with van der Waals surface area (Å²) in [7, 11) is 0. The second-order valence-corrected chi connectivity index (χ2v) is 25.7. The van der Waals surface area contributed by atoms with E-state index >= 15 is 0 Å². The fraction of sp³-hybridized carbons (Fsp3) is 0.931. The minimum atomic E-state index is -1.67. The number of ether oxygens (including phenoxy) is 2. The maximum absolute atomic E-state index is 13.2. The van der Waals surface area contributed by atoms with Gasteiger partial charge >= 0.3 is 0 Å². The molecule has 1 aliphatic heterocycles. The van der Waals surface area contributed by atoms with Crippen LogP contribution in [0.2, 0.25) is 0 Å². The van der Waals surface area contributed by atoms with Crippen molar-refractivity contribution in [3.05, 3.63) is 24.3 Å². The zero-order valence-corrected chi connectivity index (χ0v) is 54.5. The van der Waals surface area contributed by atoms with Crippen LogP contribution in [-0.4, -0.2) is 110 Å². The summed E-state index contributed by atoms with van der Waals surface area (Å²) >= 11 is 0. The molecule has 0 aliphatic carbocycles. The summed E-state index contributed by atoms with van der Waals surface area (Å²) < 4.78 is 11.2. The standard InChI is InChI=1S/C72H139NO10/c1-3-5-7-9-11-13-15-17-19-21-23-24-25-26-27-28-29-30-31-32-33-34-35-36-37-38-39-40-41-42-44-46-48-50-52-54-56-58-60-65(76)71(81)73-63(62-82-72-70(80)69(79)68(78)66(61-74)83-72)67(77)64(75)59-57-55-53-51-49-47-45-43-22-20-18-16-14-12-10-8-6-4-2/h43,45,51,53,63-70,72,74-80H,3-42,44,46-50,52,54-62H2,1-2H3,(H,73,81)/b45-43+,53-51+. The number of aliphatic hydroxyl groups excluding tert-OH is 7. The molecule has 11 heteroatoms. The number of carbonyl (C=O) groups excluding carboxylic acids is 1. The maximum atomic E-state index is 13.2. The molecular formula is C72H139NO10. The van der Waals surface area contributed by atoms with Crippen molar-refractivity contribution in [1.82, 2.24) is 5.32 Å². The highest BCUT2D eigenvalue weighted by Crippen LogP contribution is 2.24. The molecule has 9 atom stereocenters. The van der Waals surface area contributed by atoms with Crippen LogP contribution in [-0.2, 0) is 14.3 Å². The first-order valence-corrected chi connectivity index (χ1v) is 36.2. The van der Waals surface area contributed by atoms with E-state index in [4.69, 9.17) is 9.47 Å². The van der Waals surface area contributed by atoms with E-state index in [1.54, 1.807) is 0 Å². The van der Waals surface area contributed by atoms with Crippen LogP contribution in [0.25, 0.3) is 0 Å². The molecule has 492 valence electrons. The van der Waals surface area contributed by atoms with Gasteiger partial charge in [0.05, 0.1) is 25.4 Å². The number of carbonyl (C=O) groups is 1. The molecule has 8 N–H and O–H groups in total. The Kier molecular flexibility index (Phi) is 58.4. The van der Waals surface area contributed by atoms with E-state index in [0.29, 0.717) is 19.3 Å². The zero-order chi connectivity index (χ0) is 60.3. The monoisotopic (exact) mass is 1180 g/mol. The van der Waals surface area contributed by atoms with Crippen LogP contribution in [0.5, 0.6) is 0 Å². The number of hydrogen-bond donors (Lipinski definition) is 8. The Hall–Kier alpha value is -1.41. The van der Waals surface area contributed by atoms with Crippen molar-refractivity contribution in [2.24, 2.45) is 0 Å². The molecule has 0 radical (unpaired) electrons. The number of aliphatic hydroxyl groups is 7. The molecule has 0 aromatic rings. The molecule has 0 bridgehead atoms. The molecular weight excluding hydrogens is 1040 g/mol. The number of allylic oxidation sites excluding steroid dienone is 4. The van der Waals surface area contributed by atoms with Gasteiger partial charge in [-0.3, -0.25) is 4.79 Å². The summed E-state index contributed by atoms with van der Waals surface area (Å²) in [6, 6.07) is -1.19. The molecule has 0 aromatic carbocycles. The van der Waals surface area contributed by atoms with Crippen LogP contribution in [0.15, 0.2) is 24.3 Å². The molecule has 1 fully saturated rings. The first-order valence-electron chi connectivity index (χ1n) is 36.2. The molecule has 1 amide bonds. The predicted molar refractivity (Wildman–Crippen MR) is 349 cm³/mol. The molecule has 0 aromatic heterocycles. The maximum Gasteiger partial charge on any atom is 0.249 e. The highest BCUT2D eigenvalue weighted by Gasteiger charge is 2.44. The molecule has 83 heavy (non-hydrogen) atoms. The highest BCUT2D eigenvalue weighted by atomic mass is 16.7. The Labute approximate surface area is 512 Å². The van der Waals surface area contributed by atoms with E-state index in [9.17, 15) is 40.5 Å². The first-order chi connectivity index (χ1) is 40.7. The van der Waals surface area contributed by atoms with Crippen molar-refractivity contribution >= 4 is 5.91 Å². The van der Waals surface area contributed by atoms with Crippen molar-refractivity contribution in [2.75, 3.05) is 13.2 Å². The molecule has 9 unspecified atom stereocenters. The lowest BCUT2D eigenvalue weighted by Gasteiger charge is -2.40. The van der Waals surface area contributed by atoms with Gasteiger partial charge in [0.15, 0.2) is 6.29 Å². The average molecular weight is 1180 g/mol. The Bertz CT molecular complexity index is 1400. The Morgan fingerprint density at radius 3 is 1.07 bits per heavy atom. The Morgan fingerprint density at radius 2 is 0.723 bits per heavy atom. The fourth-order valence-corrected chi connectivity index (χ4v) is 11.9. The summed E-state index contributed by atoms with van der Waals surface area (Å²) in [6.45, 7) is 3.48. The van der Waals surface area contributed by atoms with Gasteiger partial charge < -0.3 is 50.5 Å². The molecule has 0 saturated carbocycles. The number of hydrogen-bond acceptors (Lipinski definition) is 10. The van der Waals surface area contributed by atoms with Crippen LogP contribution in [0.1, 0.15) is 361 Å². The van der Waals surface area contributed by atoms with Gasteiger partial charge in [0, 0.05) is 0 Å². The second kappa shape index (κ2) is 60.9.